The zero-order valence-corrected chi connectivity index (χ0v) is 16.4. The van der Waals surface area contributed by atoms with Crippen LogP contribution in [0.1, 0.15) is 13.3 Å². The number of amides is 2. The van der Waals surface area contributed by atoms with E-state index in [-0.39, 0.29) is 51.1 Å². The minimum Gasteiger partial charge on any atom is -0.355 e. The second-order valence-corrected chi connectivity index (χ2v) is 8.29. The highest BCUT2D eigenvalue weighted by Gasteiger charge is 2.31. The van der Waals surface area contributed by atoms with Crippen LogP contribution in [0.5, 0.6) is 0 Å². The zero-order valence-electron chi connectivity index (χ0n) is 15.6. The van der Waals surface area contributed by atoms with Gasteiger partial charge in [-0.1, -0.05) is 6.92 Å². The fraction of sp³-hybridized carbons (Fsp3) is 0.529. The van der Waals surface area contributed by atoms with Crippen LogP contribution in [0.15, 0.2) is 23.1 Å². The molecule has 8 nitrogen and oxygen atoms in total. The molecule has 0 aliphatic carbocycles. The van der Waals surface area contributed by atoms with Gasteiger partial charge >= 0.3 is 0 Å². The minimum absolute atomic E-state index is 0.0171. The standard InChI is InChI=1S/C17H24F2N4O4S/c1-2-5-20-16(24)11-21-17(25)12-22-6-8-23(9-7-22)28(26,27)15-10-13(18)3-4-14(15)19/h3-4,10H,2,5-9,11-12H2,1H3,(H,20,24)(H,21,25). The van der Waals surface area contributed by atoms with E-state index in [9.17, 15) is 26.8 Å². The Balaban J connectivity index is 1.84. The van der Waals surface area contributed by atoms with Gasteiger partial charge in [-0.2, -0.15) is 4.31 Å². The van der Waals surface area contributed by atoms with Crippen molar-refractivity contribution >= 4 is 21.8 Å². The number of benzene rings is 1. The molecule has 0 spiro atoms. The number of hydrogen-bond acceptors (Lipinski definition) is 5. The Labute approximate surface area is 162 Å². The van der Waals surface area contributed by atoms with Crippen molar-refractivity contribution < 1.29 is 26.8 Å². The number of nitrogens with zero attached hydrogens (tertiary/aromatic N) is 2. The summed E-state index contributed by atoms with van der Waals surface area (Å²) in [4.78, 5) is 24.4. The first-order chi connectivity index (χ1) is 13.2. The Hall–Kier alpha value is -2.11. The Morgan fingerprint density at radius 3 is 2.39 bits per heavy atom. The maximum Gasteiger partial charge on any atom is 0.246 e. The van der Waals surface area contributed by atoms with Gasteiger partial charge in [0.2, 0.25) is 21.8 Å². The molecule has 1 aliphatic rings. The van der Waals surface area contributed by atoms with Gasteiger partial charge in [-0.3, -0.25) is 14.5 Å². The molecule has 1 fully saturated rings. The molecule has 1 saturated heterocycles. The SMILES string of the molecule is CCCNC(=O)CNC(=O)CN1CCN(S(=O)(=O)c2cc(F)ccc2F)CC1. The van der Waals surface area contributed by atoms with Crippen LogP contribution in [0.4, 0.5) is 8.78 Å². The second-order valence-electron chi connectivity index (χ2n) is 6.38. The maximum absolute atomic E-state index is 13.8. The average Bonchev–Trinajstić information content (AvgIpc) is 2.67. The highest BCUT2D eigenvalue weighted by molar-refractivity contribution is 7.89. The van der Waals surface area contributed by atoms with E-state index in [1.54, 1.807) is 4.90 Å². The molecule has 2 rings (SSSR count). The number of piperazine rings is 1. The number of carbonyl (C=O) groups is 2. The Kier molecular flexibility index (Phi) is 7.84. The van der Waals surface area contributed by atoms with Gasteiger partial charge in [0.15, 0.2) is 0 Å². The summed E-state index contributed by atoms with van der Waals surface area (Å²) in [6, 6.07) is 2.29. The van der Waals surface area contributed by atoms with E-state index in [4.69, 9.17) is 0 Å². The molecule has 28 heavy (non-hydrogen) atoms. The molecule has 0 saturated carbocycles. The van der Waals surface area contributed by atoms with Crippen LogP contribution in [-0.2, 0) is 19.6 Å². The molecule has 1 heterocycles. The van der Waals surface area contributed by atoms with Gasteiger partial charge in [-0.15, -0.1) is 0 Å². The van der Waals surface area contributed by atoms with Gasteiger partial charge in [0, 0.05) is 32.7 Å². The van der Waals surface area contributed by atoms with Crippen molar-refractivity contribution in [3.63, 3.8) is 0 Å². The molecule has 2 N–H and O–H groups in total. The number of carbonyl (C=O) groups excluding carboxylic acids is 2. The van der Waals surface area contributed by atoms with Crippen LogP contribution < -0.4 is 10.6 Å². The average molecular weight is 418 g/mol. The van der Waals surface area contributed by atoms with E-state index < -0.39 is 26.6 Å². The summed E-state index contributed by atoms with van der Waals surface area (Å²) in [5, 5.41) is 5.14. The number of nitrogens with one attached hydrogen (secondary N) is 2. The van der Waals surface area contributed by atoms with Gasteiger partial charge in [-0.05, 0) is 24.6 Å². The lowest BCUT2D eigenvalue weighted by atomic mass is 10.3. The number of sulfonamides is 1. The Bertz CT molecular complexity index is 811. The highest BCUT2D eigenvalue weighted by atomic mass is 32.2. The van der Waals surface area contributed by atoms with Crippen molar-refractivity contribution in [1.82, 2.24) is 19.8 Å². The molecule has 0 atom stereocenters. The maximum atomic E-state index is 13.8. The highest BCUT2D eigenvalue weighted by Crippen LogP contribution is 2.21. The van der Waals surface area contributed by atoms with E-state index in [1.807, 2.05) is 6.92 Å². The van der Waals surface area contributed by atoms with Crippen molar-refractivity contribution in [3.8, 4) is 0 Å². The van der Waals surface area contributed by atoms with Crippen LogP contribution in [0.2, 0.25) is 0 Å². The fourth-order valence-corrected chi connectivity index (χ4v) is 4.20. The quantitative estimate of drug-likeness (QED) is 0.615. The third-order valence-electron chi connectivity index (χ3n) is 4.23. The van der Waals surface area contributed by atoms with E-state index in [0.717, 1.165) is 22.9 Å². The monoisotopic (exact) mass is 418 g/mol. The molecule has 0 radical (unpaired) electrons. The first-order valence-corrected chi connectivity index (χ1v) is 10.4. The number of hydrogen-bond donors (Lipinski definition) is 2. The molecular weight excluding hydrogens is 394 g/mol. The predicted molar refractivity (Wildman–Crippen MR) is 97.9 cm³/mol. The summed E-state index contributed by atoms with van der Waals surface area (Å²) in [6.07, 6.45) is 0.798. The lowest BCUT2D eigenvalue weighted by molar-refractivity contribution is -0.126. The van der Waals surface area contributed by atoms with E-state index in [2.05, 4.69) is 10.6 Å². The molecule has 11 heteroatoms. The van der Waals surface area contributed by atoms with Crippen LogP contribution in [0.25, 0.3) is 0 Å². The Morgan fingerprint density at radius 2 is 1.75 bits per heavy atom. The van der Waals surface area contributed by atoms with Crippen molar-refractivity contribution in [3.05, 3.63) is 29.8 Å². The number of rotatable bonds is 8. The summed E-state index contributed by atoms with van der Waals surface area (Å²) in [5.74, 6) is -2.47. The topological polar surface area (TPSA) is 98.8 Å². The molecule has 0 bridgehead atoms. The lowest BCUT2D eigenvalue weighted by Gasteiger charge is -2.33. The van der Waals surface area contributed by atoms with Gasteiger partial charge in [0.05, 0.1) is 13.1 Å². The van der Waals surface area contributed by atoms with Crippen LogP contribution in [0.3, 0.4) is 0 Å². The van der Waals surface area contributed by atoms with Gasteiger partial charge in [0.25, 0.3) is 0 Å². The van der Waals surface area contributed by atoms with E-state index in [0.29, 0.717) is 12.6 Å². The summed E-state index contributed by atoms with van der Waals surface area (Å²) in [7, 11) is -4.16. The van der Waals surface area contributed by atoms with Gasteiger partial charge in [-0.25, -0.2) is 17.2 Å². The van der Waals surface area contributed by atoms with Gasteiger partial charge < -0.3 is 10.6 Å². The van der Waals surface area contributed by atoms with Crippen LogP contribution in [0, 0.1) is 11.6 Å². The molecule has 1 aromatic carbocycles. The molecule has 2 amide bonds. The summed E-state index contributed by atoms with van der Waals surface area (Å²) < 4.78 is 53.3. The summed E-state index contributed by atoms with van der Waals surface area (Å²) in [5.41, 5.74) is 0. The minimum atomic E-state index is -4.16. The molecule has 1 aromatic rings. The molecule has 0 aromatic heterocycles. The van der Waals surface area contributed by atoms with Crippen LogP contribution in [-0.4, -0.2) is 75.3 Å². The van der Waals surface area contributed by atoms with Crippen molar-refractivity contribution in [2.45, 2.75) is 18.2 Å². The normalized spacial score (nSPS) is 16.0. The van der Waals surface area contributed by atoms with Crippen LogP contribution >= 0.6 is 0 Å². The summed E-state index contributed by atoms with van der Waals surface area (Å²) >= 11 is 0. The molecule has 156 valence electrons. The first kappa shape index (κ1) is 22.2. The largest absolute Gasteiger partial charge is 0.355 e. The van der Waals surface area contributed by atoms with E-state index in [1.165, 1.54) is 0 Å². The van der Waals surface area contributed by atoms with Crippen molar-refractivity contribution in [1.29, 1.82) is 0 Å². The summed E-state index contributed by atoms with van der Waals surface area (Å²) in [6.45, 7) is 2.95. The Morgan fingerprint density at radius 1 is 1.07 bits per heavy atom. The van der Waals surface area contributed by atoms with Crippen molar-refractivity contribution in [2.75, 3.05) is 45.8 Å². The van der Waals surface area contributed by atoms with E-state index >= 15 is 0 Å². The zero-order chi connectivity index (χ0) is 20.7. The lowest BCUT2D eigenvalue weighted by Crippen LogP contribution is -2.51. The van der Waals surface area contributed by atoms with Gasteiger partial charge in [0.1, 0.15) is 16.5 Å². The molecule has 1 aliphatic heterocycles. The van der Waals surface area contributed by atoms with Crippen molar-refractivity contribution in [2.24, 2.45) is 0 Å². The predicted octanol–water partition coefficient (Wildman–Crippen LogP) is -0.0865. The smallest absolute Gasteiger partial charge is 0.246 e. The fourth-order valence-electron chi connectivity index (χ4n) is 2.71. The molecule has 0 unspecified atom stereocenters. The first-order valence-electron chi connectivity index (χ1n) is 8.95. The second kappa shape index (κ2) is 9.89. The third kappa shape index (κ3) is 5.94. The number of halogens is 2. The molecular formula is C17H24F2N4O4S. The third-order valence-corrected chi connectivity index (χ3v) is 6.14.